The van der Waals surface area contributed by atoms with Gasteiger partial charge in [0.2, 0.25) is 5.82 Å². The largest absolute Gasteiger partial charge is 0.381 e. The highest BCUT2D eigenvalue weighted by Gasteiger charge is 2.38. The normalized spacial score (nSPS) is 18.1. The molecule has 2 aromatic heterocycles. The molecule has 0 amide bonds. The van der Waals surface area contributed by atoms with Crippen LogP contribution < -0.4 is 0 Å². The van der Waals surface area contributed by atoms with Crippen molar-refractivity contribution in [3.05, 3.63) is 28.9 Å². The average Bonchev–Trinajstić information content (AvgIpc) is 2.98. The molecule has 2 aromatic rings. The molecule has 1 aliphatic rings. The van der Waals surface area contributed by atoms with E-state index in [1.807, 2.05) is 6.07 Å². The van der Waals surface area contributed by atoms with Crippen LogP contribution in [0.15, 0.2) is 16.8 Å². The van der Waals surface area contributed by atoms with Crippen molar-refractivity contribution >= 4 is 11.6 Å². The van der Waals surface area contributed by atoms with Gasteiger partial charge < -0.3 is 14.4 Å². The van der Waals surface area contributed by atoms with E-state index in [9.17, 15) is 5.11 Å². The van der Waals surface area contributed by atoms with Gasteiger partial charge in [-0.15, -0.1) is 0 Å². The summed E-state index contributed by atoms with van der Waals surface area (Å²) in [6, 6.07) is 1.91. The van der Waals surface area contributed by atoms with Gasteiger partial charge in [-0.2, -0.15) is 4.98 Å². The van der Waals surface area contributed by atoms with Gasteiger partial charge in [0.15, 0.2) is 0 Å². The number of hydrogen-bond donors (Lipinski definition) is 1. The van der Waals surface area contributed by atoms with E-state index in [-0.39, 0.29) is 11.3 Å². The number of halogens is 1. The highest BCUT2D eigenvalue weighted by Crippen LogP contribution is 2.34. The quantitative estimate of drug-likeness (QED) is 0.848. The Bertz CT molecular complexity index is 703. The molecular formula is C16H20ClN3O3. The Labute approximate surface area is 139 Å². The molecule has 1 fully saturated rings. The van der Waals surface area contributed by atoms with Gasteiger partial charge in [0.25, 0.3) is 5.89 Å². The third kappa shape index (κ3) is 3.24. The van der Waals surface area contributed by atoms with Gasteiger partial charge in [-0.25, -0.2) is 4.98 Å². The van der Waals surface area contributed by atoms with Crippen LogP contribution in [-0.2, 0) is 15.8 Å². The molecule has 0 aliphatic carbocycles. The molecule has 0 saturated carbocycles. The topological polar surface area (TPSA) is 81.3 Å². The average molecular weight is 338 g/mol. The minimum Gasteiger partial charge on any atom is -0.381 e. The van der Waals surface area contributed by atoms with Gasteiger partial charge in [0, 0.05) is 32.3 Å². The Balaban J connectivity index is 1.97. The van der Waals surface area contributed by atoms with Crippen molar-refractivity contribution in [3.63, 3.8) is 0 Å². The van der Waals surface area contributed by atoms with Gasteiger partial charge in [0.1, 0.15) is 10.8 Å². The van der Waals surface area contributed by atoms with E-state index in [4.69, 9.17) is 20.9 Å². The molecule has 6 nitrogen and oxygen atoms in total. The van der Waals surface area contributed by atoms with E-state index in [0.29, 0.717) is 42.6 Å². The number of nitrogens with zero attached hydrogens (tertiary/aromatic N) is 3. The number of rotatable bonds is 2. The summed E-state index contributed by atoms with van der Waals surface area (Å²) in [6.45, 7) is 7.21. The second kappa shape index (κ2) is 5.85. The van der Waals surface area contributed by atoms with E-state index >= 15 is 0 Å². The summed E-state index contributed by atoms with van der Waals surface area (Å²) in [5.41, 5.74) is 0.417. The Kier molecular flexibility index (Phi) is 4.16. The van der Waals surface area contributed by atoms with E-state index < -0.39 is 5.60 Å². The molecule has 1 aliphatic heterocycles. The van der Waals surface area contributed by atoms with Crippen LogP contribution in [0.25, 0.3) is 11.4 Å². The molecular weight excluding hydrogens is 318 g/mol. The molecule has 0 unspecified atom stereocenters. The predicted molar refractivity (Wildman–Crippen MR) is 85.2 cm³/mol. The molecule has 0 atom stereocenters. The Morgan fingerprint density at radius 3 is 2.61 bits per heavy atom. The molecule has 0 radical (unpaired) electrons. The lowest BCUT2D eigenvalue weighted by Gasteiger charge is -2.27. The molecule has 124 valence electrons. The first kappa shape index (κ1) is 16.4. The maximum Gasteiger partial charge on any atom is 0.259 e. The molecule has 1 N–H and O–H groups in total. The lowest BCUT2D eigenvalue weighted by Crippen LogP contribution is -2.33. The fourth-order valence-electron chi connectivity index (χ4n) is 2.46. The fraction of sp³-hybridized carbons (Fsp3) is 0.562. The number of ether oxygens (including phenoxy) is 1. The molecule has 1 saturated heterocycles. The molecule has 3 rings (SSSR count). The van der Waals surface area contributed by atoms with Crippen LogP contribution in [0.4, 0.5) is 0 Å². The van der Waals surface area contributed by atoms with Crippen molar-refractivity contribution in [3.8, 4) is 11.4 Å². The zero-order valence-electron chi connectivity index (χ0n) is 13.5. The minimum atomic E-state index is -1.13. The van der Waals surface area contributed by atoms with Crippen molar-refractivity contribution in [1.29, 1.82) is 0 Å². The highest BCUT2D eigenvalue weighted by atomic mass is 35.5. The fourth-order valence-corrected chi connectivity index (χ4v) is 2.65. The van der Waals surface area contributed by atoms with Gasteiger partial charge in [-0.3, -0.25) is 0 Å². The number of aliphatic hydroxyl groups is 1. The van der Waals surface area contributed by atoms with E-state index in [0.717, 1.165) is 5.56 Å². The summed E-state index contributed by atoms with van der Waals surface area (Å²) in [7, 11) is 0. The van der Waals surface area contributed by atoms with Crippen LogP contribution in [0.3, 0.4) is 0 Å². The monoisotopic (exact) mass is 337 g/mol. The van der Waals surface area contributed by atoms with Crippen LogP contribution >= 0.6 is 11.6 Å². The van der Waals surface area contributed by atoms with Crippen LogP contribution in [0.2, 0.25) is 5.15 Å². The van der Waals surface area contributed by atoms with Crippen molar-refractivity contribution < 1.29 is 14.4 Å². The summed E-state index contributed by atoms with van der Waals surface area (Å²) in [4.78, 5) is 8.57. The van der Waals surface area contributed by atoms with Crippen molar-refractivity contribution in [2.75, 3.05) is 13.2 Å². The van der Waals surface area contributed by atoms with E-state index in [1.54, 1.807) is 6.20 Å². The second-order valence-electron chi connectivity index (χ2n) is 6.88. The Morgan fingerprint density at radius 1 is 1.26 bits per heavy atom. The van der Waals surface area contributed by atoms with Crippen LogP contribution in [-0.4, -0.2) is 33.4 Å². The summed E-state index contributed by atoms with van der Waals surface area (Å²) >= 11 is 6.20. The predicted octanol–water partition coefficient (Wildman–Crippen LogP) is 3.08. The molecule has 7 heteroatoms. The standard InChI is InChI=1S/C16H20ClN3O3/c1-15(2,3)10-8-11(12(17)18-9-10)13-19-14(23-20-13)16(21)4-6-22-7-5-16/h8-9,21H,4-7H2,1-3H3. The third-order valence-electron chi connectivity index (χ3n) is 4.09. The van der Waals surface area contributed by atoms with E-state index in [1.165, 1.54) is 0 Å². The Morgan fingerprint density at radius 2 is 1.96 bits per heavy atom. The maximum atomic E-state index is 10.6. The first-order chi connectivity index (χ1) is 10.8. The lowest BCUT2D eigenvalue weighted by molar-refractivity contribution is -0.0856. The van der Waals surface area contributed by atoms with Gasteiger partial charge in [0.05, 0.1) is 5.56 Å². The van der Waals surface area contributed by atoms with Crippen LogP contribution in [0, 0.1) is 0 Å². The van der Waals surface area contributed by atoms with Crippen molar-refractivity contribution in [2.24, 2.45) is 0 Å². The SMILES string of the molecule is CC(C)(C)c1cnc(Cl)c(-c2noc(C3(O)CCOCC3)n2)c1. The molecule has 23 heavy (non-hydrogen) atoms. The molecule has 0 aromatic carbocycles. The van der Waals surface area contributed by atoms with E-state index in [2.05, 4.69) is 35.9 Å². The molecule has 0 spiro atoms. The maximum absolute atomic E-state index is 10.6. The van der Waals surface area contributed by atoms with Gasteiger partial charge in [-0.05, 0) is 17.0 Å². The first-order valence-electron chi connectivity index (χ1n) is 7.60. The lowest BCUT2D eigenvalue weighted by atomic mass is 9.87. The number of hydrogen-bond acceptors (Lipinski definition) is 6. The van der Waals surface area contributed by atoms with Gasteiger partial charge >= 0.3 is 0 Å². The summed E-state index contributed by atoms with van der Waals surface area (Å²) in [5, 5.41) is 14.9. The summed E-state index contributed by atoms with van der Waals surface area (Å²) < 4.78 is 10.6. The number of aromatic nitrogens is 3. The smallest absolute Gasteiger partial charge is 0.259 e. The number of pyridine rings is 1. The second-order valence-corrected chi connectivity index (χ2v) is 7.24. The zero-order chi connectivity index (χ0) is 16.7. The zero-order valence-corrected chi connectivity index (χ0v) is 14.2. The molecule has 0 bridgehead atoms. The first-order valence-corrected chi connectivity index (χ1v) is 7.98. The van der Waals surface area contributed by atoms with Crippen LogP contribution in [0.1, 0.15) is 45.1 Å². The van der Waals surface area contributed by atoms with Crippen molar-refractivity contribution in [2.45, 2.75) is 44.6 Å². The van der Waals surface area contributed by atoms with Gasteiger partial charge in [-0.1, -0.05) is 37.5 Å². The summed E-state index contributed by atoms with van der Waals surface area (Å²) in [6.07, 6.45) is 2.62. The van der Waals surface area contributed by atoms with Crippen molar-refractivity contribution in [1.82, 2.24) is 15.1 Å². The third-order valence-corrected chi connectivity index (χ3v) is 4.39. The highest BCUT2D eigenvalue weighted by molar-refractivity contribution is 6.31. The van der Waals surface area contributed by atoms with Crippen LogP contribution in [0.5, 0.6) is 0 Å². The minimum absolute atomic E-state index is 0.0716. The Hall–Kier alpha value is -1.50. The molecule has 3 heterocycles. The summed E-state index contributed by atoms with van der Waals surface area (Å²) in [5.74, 6) is 0.538.